The number of carbonyl (C=O) groups is 1. The van der Waals surface area contributed by atoms with Crippen molar-refractivity contribution in [2.24, 2.45) is 0 Å². The van der Waals surface area contributed by atoms with E-state index in [2.05, 4.69) is 10.3 Å². The van der Waals surface area contributed by atoms with Crippen molar-refractivity contribution in [3.63, 3.8) is 0 Å². The van der Waals surface area contributed by atoms with Crippen LogP contribution in [0, 0.1) is 0 Å². The lowest BCUT2D eigenvalue weighted by Crippen LogP contribution is -2.09. The fourth-order valence-corrected chi connectivity index (χ4v) is 2.10. The smallest absolute Gasteiger partial charge is 0.358 e. The summed E-state index contributed by atoms with van der Waals surface area (Å²) in [5.41, 5.74) is 1.03. The summed E-state index contributed by atoms with van der Waals surface area (Å²) in [6.45, 7) is 3.77. The second kappa shape index (κ2) is 5.82. The highest BCUT2D eigenvalue weighted by Gasteiger charge is 2.24. The third kappa shape index (κ3) is 2.67. The molecule has 0 amide bonds. The lowest BCUT2D eigenvalue weighted by molar-refractivity contribution is 0.0688. The van der Waals surface area contributed by atoms with E-state index in [-0.39, 0.29) is 11.6 Å². The van der Waals surface area contributed by atoms with Crippen LogP contribution in [0.1, 0.15) is 35.9 Å². The van der Waals surface area contributed by atoms with E-state index in [1.807, 2.05) is 13.8 Å². The first-order valence-electron chi connectivity index (χ1n) is 6.40. The molecule has 2 rings (SSSR count). The van der Waals surface area contributed by atoms with Crippen LogP contribution in [-0.2, 0) is 0 Å². The van der Waals surface area contributed by atoms with E-state index in [1.165, 1.54) is 11.8 Å². The van der Waals surface area contributed by atoms with Gasteiger partial charge in [-0.25, -0.2) is 9.48 Å². The van der Waals surface area contributed by atoms with Gasteiger partial charge in [0.2, 0.25) is 0 Å². The van der Waals surface area contributed by atoms with Gasteiger partial charge in [-0.1, -0.05) is 19.1 Å². The highest BCUT2D eigenvalue weighted by Crippen LogP contribution is 2.30. The molecule has 0 aliphatic heterocycles. The van der Waals surface area contributed by atoms with E-state index in [0.29, 0.717) is 22.9 Å². The number of hydrogen-bond acceptors (Lipinski definition) is 5. The second-order valence-electron chi connectivity index (χ2n) is 4.73. The molecule has 0 atom stereocenters. The highest BCUT2D eigenvalue weighted by molar-refractivity contribution is 5.86. The summed E-state index contributed by atoms with van der Waals surface area (Å²) in [5.74, 6) is 0.00115. The maximum absolute atomic E-state index is 11.3. The normalized spacial score (nSPS) is 10.7. The van der Waals surface area contributed by atoms with Crippen LogP contribution in [0.3, 0.4) is 0 Å². The summed E-state index contributed by atoms with van der Waals surface area (Å²) in [6.07, 6.45) is 0. The molecular formula is C14H17N3O4. The van der Waals surface area contributed by atoms with Gasteiger partial charge >= 0.3 is 5.97 Å². The molecule has 0 aliphatic carbocycles. The maximum atomic E-state index is 11.3. The molecule has 7 nitrogen and oxygen atoms in total. The number of rotatable bonds is 5. The second-order valence-corrected chi connectivity index (χ2v) is 4.73. The van der Waals surface area contributed by atoms with Crippen molar-refractivity contribution in [3.8, 4) is 17.2 Å². The number of ether oxygens (including phenoxy) is 2. The average Bonchev–Trinajstić information content (AvgIpc) is 2.91. The standard InChI is InChI=1S/C14H17N3O4/c1-8(2)13-12(14(18)19)15-16-17(13)10-7-9(20-3)5-6-11(10)21-4/h5-8H,1-4H3,(H,18,19). The molecule has 1 aromatic carbocycles. The molecule has 0 aliphatic rings. The van der Waals surface area contributed by atoms with E-state index in [9.17, 15) is 9.90 Å². The minimum Gasteiger partial charge on any atom is -0.497 e. The fraction of sp³-hybridized carbons (Fsp3) is 0.357. The van der Waals surface area contributed by atoms with Gasteiger partial charge < -0.3 is 14.6 Å². The van der Waals surface area contributed by atoms with Gasteiger partial charge in [0.25, 0.3) is 0 Å². The summed E-state index contributed by atoms with van der Waals surface area (Å²) in [5, 5.41) is 17.0. The Hall–Kier alpha value is -2.57. The van der Waals surface area contributed by atoms with Crippen LogP contribution in [0.5, 0.6) is 11.5 Å². The topological polar surface area (TPSA) is 86.5 Å². The predicted octanol–water partition coefficient (Wildman–Crippen LogP) is 2.11. The van der Waals surface area contributed by atoms with Crippen molar-refractivity contribution in [2.75, 3.05) is 14.2 Å². The molecule has 1 aromatic heterocycles. The number of aromatic carboxylic acids is 1. The van der Waals surface area contributed by atoms with E-state index in [0.717, 1.165) is 0 Å². The lowest BCUT2D eigenvalue weighted by Gasteiger charge is -2.14. The Kier molecular flexibility index (Phi) is 4.11. The number of methoxy groups -OCH3 is 2. The van der Waals surface area contributed by atoms with Crippen LogP contribution in [-0.4, -0.2) is 40.3 Å². The Bertz CT molecular complexity index is 664. The minimum atomic E-state index is -1.10. The van der Waals surface area contributed by atoms with Gasteiger partial charge in [0.15, 0.2) is 5.69 Å². The zero-order valence-corrected chi connectivity index (χ0v) is 12.3. The number of hydrogen-bond donors (Lipinski definition) is 1. The third-order valence-electron chi connectivity index (χ3n) is 3.07. The molecule has 0 saturated carbocycles. The molecule has 1 heterocycles. The molecular weight excluding hydrogens is 274 g/mol. The van der Waals surface area contributed by atoms with E-state index < -0.39 is 5.97 Å². The summed E-state index contributed by atoms with van der Waals surface area (Å²) in [7, 11) is 3.09. The van der Waals surface area contributed by atoms with Gasteiger partial charge in [-0.2, -0.15) is 0 Å². The first kappa shape index (κ1) is 14.8. The van der Waals surface area contributed by atoms with Crippen LogP contribution >= 0.6 is 0 Å². The number of carboxylic acids is 1. The third-order valence-corrected chi connectivity index (χ3v) is 3.07. The summed E-state index contributed by atoms with van der Waals surface area (Å²) < 4.78 is 12.0. The lowest BCUT2D eigenvalue weighted by atomic mass is 10.1. The van der Waals surface area contributed by atoms with Crippen molar-refractivity contribution in [1.82, 2.24) is 15.0 Å². The molecule has 0 unspecified atom stereocenters. The van der Waals surface area contributed by atoms with Crippen LogP contribution in [0.25, 0.3) is 5.69 Å². The van der Waals surface area contributed by atoms with Crippen molar-refractivity contribution in [3.05, 3.63) is 29.6 Å². The summed E-state index contributed by atoms with van der Waals surface area (Å²) >= 11 is 0. The summed E-state index contributed by atoms with van der Waals surface area (Å²) in [4.78, 5) is 11.3. The Labute approximate surface area is 122 Å². The number of nitrogens with zero attached hydrogens (tertiary/aromatic N) is 3. The SMILES string of the molecule is COc1ccc(OC)c(-n2nnc(C(=O)O)c2C(C)C)c1. The van der Waals surface area contributed by atoms with Crippen LogP contribution in [0.15, 0.2) is 18.2 Å². The van der Waals surface area contributed by atoms with Crippen molar-refractivity contribution < 1.29 is 19.4 Å². The molecule has 0 saturated heterocycles. The van der Waals surface area contributed by atoms with Gasteiger partial charge in [0.1, 0.15) is 17.2 Å². The monoisotopic (exact) mass is 291 g/mol. The van der Waals surface area contributed by atoms with E-state index in [4.69, 9.17) is 9.47 Å². The Morgan fingerprint density at radius 2 is 2.00 bits per heavy atom. The first-order chi connectivity index (χ1) is 9.99. The fourth-order valence-electron chi connectivity index (χ4n) is 2.10. The molecule has 1 N–H and O–H groups in total. The molecule has 112 valence electrons. The predicted molar refractivity (Wildman–Crippen MR) is 75.5 cm³/mol. The molecule has 0 radical (unpaired) electrons. The van der Waals surface area contributed by atoms with Gasteiger partial charge in [-0.05, 0) is 18.1 Å². The zero-order valence-electron chi connectivity index (χ0n) is 12.3. The van der Waals surface area contributed by atoms with Gasteiger partial charge in [-0.3, -0.25) is 0 Å². The van der Waals surface area contributed by atoms with Crippen LogP contribution in [0.4, 0.5) is 0 Å². The minimum absolute atomic E-state index is 0.0603. The quantitative estimate of drug-likeness (QED) is 0.908. The molecule has 0 bridgehead atoms. The van der Waals surface area contributed by atoms with Gasteiger partial charge in [-0.15, -0.1) is 5.10 Å². The number of carboxylic acid groups (broad SMARTS) is 1. The molecule has 0 fully saturated rings. The number of benzene rings is 1. The molecule has 7 heteroatoms. The van der Waals surface area contributed by atoms with Crippen molar-refractivity contribution in [1.29, 1.82) is 0 Å². The first-order valence-corrected chi connectivity index (χ1v) is 6.40. The zero-order chi connectivity index (χ0) is 15.6. The summed E-state index contributed by atoms with van der Waals surface area (Å²) in [6, 6.07) is 5.22. The van der Waals surface area contributed by atoms with Crippen molar-refractivity contribution in [2.45, 2.75) is 19.8 Å². The highest BCUT2D eigenvalue weighted by atomic mass is 16.5. The number of aromatic nitrogens is 3. The largest absolute Gasteiger partial charge is 0.497 e. The van der Waals surface area contributed by atoms with Crippen LogP contribution in [0.2, 0.25) is 0 Å². The van der Waals surface area contributed by atoms with Gasteiger partial charge in [0.05, 0.1) is 19.9 Å². The molecule has 0 spiro atoms. The Balaban J connectivity index is 2.69. The molecule has 2 aromatic rings. The van der Waals surface area contributed by atoms with E-state index >= 15 is 0 Å². The van der Waals surface area contributed by atoms with Crippen LogP contribution < -0.4 is 9.47 Å². The maximum Gasteiger partial charge on any atom is 0.358 e. The van der Waals surface area contributed by atoms with Crippen molar-refractivity contribution >= 4 is 5.97 Å². The molecule has 21 heavy (non-hydrogen) atoms. The Morgan fingerprint density at radius 3 is 2.52 bits per heavy atom. The van der Waals surface area contributed by atoms with Gasteiger partial charge in [0, 0.05) is 6.07 Å². The average molecular weight is 291 g/mol. The van der Waals surface area contributed by atoms with E-state index in [1.54, 1.807) is 25.3 Å². The Morgan fingerprint density at radius 1 is 1.29 bits per heavy atom.